The Labute approximate surface area is 140 Å². The van der Waals surface area contributed by atoms with Gasteiger partial charge in [0.2, 0.25) is 5.91 Å². The number of amides is 2. The zero-order valence-corrected chi connectivity index (χ0v) is 13.7. The molecule has 2 aromatic rings. The molecular weight excluding hydrogens is 306 g/mol. The lowest BCUT2D eigenvalue weighted by molar-refractivity contribution is -0.127. The first-order valence-corrected chi connectivity index (χ1v) is 8.76. The fourth-order valence-corrected chi connectivity index (χ4v) is 3.87. The number of likely N-dealkylation sites (tertiary alicyclic amines) is 1. The van der Waals surface area contributed by atoms with Crippen LogP contribution in [-0.4, -0.2) is 28.5 Å². The summed E-state index contributed by atoms with van der Waals surface area (Å²) in [5, 5.41) is -0.187. The molecule has 0 spiro atoms. The van der Waals surface area contributed by atoms with Gasteiger partial charge in [-0.25, -0.2) is 0 Å². The number of imide groups is 1. The van der Waals surface area contributed by atoms with Gasteiger partial charge in [0.05, 0.1) is 5.25 Å². The molecule has 0 aromatic heterocycles. The standard InChI is InChI=1S/C19H19NO2S/c21-18(15-9-3-1-4-10-15)20-14-8-7-13-17(19(20)22)23-16-11-5-2-6-12-16/h1-6,9-12,17H,7-8,13-14H2/t17-/m1/s1. The number of thioether (sulfide) groups is 1. The minimum Gasteiger partial charge on any atom is -0.278 e. The van der Waals surface area contributed by atoms with Crippen molar-refractivity contribution in [2.75, 3.05) is 6.54 Å². The van der Waals surface area contributed by atoms with Gasteiger partial charge in [0.15, 0.2) is 0 Å². The molecule has 0 unspecified atom stereocenters. The molecule has 23 heavy (non-hydrogen) atoms. The van der Waals surface area contributed by atoms with Crippen LogP contribution in [-0.2, 0) is 4.79 Å². The number of carbonyl (C=O) groups excluding carboxylic acids is 2. The van der Waals surface area contributed by atoms with Gasteiger partial charge >= 0.3 is 0 Å². The van der Waals surface area contributed by atoms with Crippen LogP contribution in [0.25, 0.3) is 0 Å². The van der Waals surface area contributed by atoms with Crippen LogP contribution in [0.1, 0.15) is 29.6 Å². The van der Waals surface area contributed by atoms with Crippen molar-refractivity contribution in [3.8, 4) is 0 Å². The van der Waals surface area contributed by atoms with Crippen LogP contribution in [0.5, 0.6) is 0 Å². The summed E-state index contributed by atoms with van der Waals surface area (Å²) in [6, 6.07) is 19.0. The third-order valence-electron chi connectivity index (χ3n) is 3.93. The average molecular weight is 325 g/mol. The quantitative estimate of drug-likeness (QED) is 0.801. The molecule has 1 heterocycles. The molecule has 3 nitrogen and oxygen atoms in total. The second kappa shape index (κ2) is 7.47. The minimum atomic E-state index is -0.187. The van der Waals surface area contributed by atoms with Gasteiger partial charge < -0.3 is 0 Å². The van der Waals surface area contributed by atoms with E-state index in [9.17, 15) is 9.59 Å². The van der Waals surface area contributed by atoms with Gasteiger partial charge in [0, 0.05) is 17.0 Å². The summed E-state index contributed by atoms with van der Waals surface area (Å²) >= 11 is 1.56. The maximum absolute atomic E-state index is 12.8. The van der Waals surface area contributed by atoms with Crippen molar-refractivity contribution in [1.82, 2.24) is 4.90 Å². The first-order chi connectivity index (χ1) is 11.3. The van der Waals surface area contributed by atoms with Gasteiger partial charge in [-0.3, -0.25) is 14.5 Å². The molecular formula is C19H19NO2S. The van der Waals surface area contributed by atoms with E-state index in [0.29, 0.717) is 12.1 Å². The Morgan fingerprint density at radius 2 is 1.61 bits per heavy atom. The van der Waals surface area contributed by atoms with Crippen LogP contribution >= 0.6 is 11.8 Å². The number of benzene rings is 2. The Kier molecular flexibility index (Phi) is 5.13. The van der Waals surface area contributed by atoms with E-state index in [0.717, 1.165) is 24.2 Å². The minimum absolute atomic E-state index is 0.0646. The first kappa shape index (κ1) is 15.8. The maximum atomic E-state index is 12.8. The molecule has 1 atom stereocenters. The van der Waals surface area contributed by atoms with Gasteiger partial charge in [-0.2, -0.15) is 0 Å². The van der Waals surface area contributed by atoms with E-state index < -0.39 is 0 Å². The van der Waals surface area contributed by atoms with Crippen LogP contribution in [0.2, 0.25) is 0 Å². The Bertz CT molecular complexity index is 672. The van der Waals surface area contributed by atoms with Crippen molar-refractivity contribution in [3.05, 3.63) is 66.2 Å². The van der Waals surface area contributed by atoms with Crippen LogP contribution in [0.3, 0.4) is 0 Å². The Balaban J connectivity index is 1.78. The van der Waals surface area contributed by atoms with Crippen molar-refractivity contribution >= 4 is 23.6 Å². The zero-order valence-electron chi connectivity index (χ0n) is 12.9. The highest BCUT2D eigenvalue weighted by Gasteiger charge is 2.32. The predicted molar refractivity (Wildman–Crippen MR) is 92.4 cm³/mol. The topological polar surface area (TPSA) is 37.4 Å². The predicted octanol–water partition coefficient (Wildman–Crippen LogP) is 4.00. The number of carbonyl (C=O) groups is 2. The molecule has 118 valence electrons. The van der Waals surface area contributed by atoms with Crippen molar-refractivity contribution < 1.29 is 9.59 Å². The molecule has 0 N–H and O–H groups in total. The molecule has 2 aromatic carbocycles. The molecule has 3 rings (SSSR count). The third-order valence-corrected chi connectivity index (χ3v) is 5.19. The fourth-order valence-electron chi connectivity index (χ4n) is 2.72. The molecule has 0 radical (unpaired) electrons. The molecule has 1 fully saturated rings. The summed E-state index contributed by atoms with van der Waals surface area (Å²) in [5.41, 5.74) is 0.575. The highest BCUT2D eigenvalue weighted by Crippen LogP contribution is 2.30. The summed E-state index contributed by atoms with van der Waals surface area (Å²) in [7, 11) is 0. The van der Waals surface area contributed by atoms with Crippen molar-refractivity contribution in [2.45, 2.75) is 29.4 Å². The van der Waals surface area contributed by atoms with E-state index in [1.54, 1.807) is 23.9 Å². The summed E-state index contributed by atoms with van der Waals surface area (Å²) in [6.07, 6.45) is 2.65. The van der Waals surface area contributed by atoms with Gasteiger partial charge in [0.1, 0.15) is 0 Å². The van der Waals surface area contributed by atoms with Crippen LogP contribution < -0.4 is 0 Å². The molecule has 2 amide bonds. The van der Waals surface area contributed by atoms with Crippen LogP contribution in [0.15, 0.2) is 65.6 Å². The fraction of sp³-hybridized carbons (Fsp3) is 0.263. The number of rotatable bonds is 3. The molecule has 1 aliphatic rings. The van der Waals surface area contributed by atoms with Crippen molar-refractivity contribution in [2.24, 2.45) is 0 Å². The SMILES string of the molecule is O=C(c1ccccc1)N1CCCC[C@@H](Sc2ccccc2)C1=O. The molecule has 0 aliphatic carbocycles. The Hall–Kier alpha value is -2.07. The second-order valence-electron chi connectivity index (χ2n) is 5.58. The van der Waals surface area contributed by atoms with Gasteiger partial charge in [0.25, 0.3) is 5.91 Å². The number of nitrogens with zero attached hydrogens (tertiary/aromatic N) is 1. The van der Waals surface area contributed by atoms with E-state index in [4.69, 9.17) is 0 Å². The van der Waals surface area contributed by atoms with E-state index in [2.05, 4.69) is 0 Å². The maximum Gasteiger partial charge on any atom is 0.260 e. The Morgan fingerprint density at radius 3 is 2.30 bits per heavy atom. The summed E-state index contributed by atoms with van der Waals surface area (Å²) in [4.78, 5) is 28.0. The van der Waals surface area contributed by atoms with Gasteiger partial charge in [-0.05, 0) is 37.1 Å². The highest BCUT2D eigenvalue weighted by atomic mass is 32.2. The monoisotopic (exact) mass is 325 g/mol. The van der Waals surface area contributed by atoms with Crippen LogP contribution in [0.4, 0.5) is 0 Å². The molecule has 1 aliphatic heterocycles. The van der Waals surface area contributed by atoms with Crippen molar-refractivity contribution in [1.29, 1.82) is 0 Å². The van der Waals surface area contributed by atoms with E-state index in [1.165, 1.54) is 4.90 Å². The first-order valence-electron chi connectivity index (χ1n) is 7.88. The Morgan fingerprint density at radius 1 is 0.957 bits per heavy atom. The van der Waals surface area contributed by atoms with Crippen LogP contribution in [0, 0.1) is 0 Å². The number of hydrogen-bond acceptors (Lipinski definition) is 3. The van der Waals surface area contributed by atoms with Gasteiger partial charge in [-0.15, -0.1) is 11.8 Å². The van der Waals surface area contributed by atoms with E-state index in [-0.39, 0.29) is 17.1 Å². The van der Waals surface area contributed by atoms with Crippen molar-refractivity contribution in [3.63, 3.8) is 0 Å². The van der Waals surface area contributed by atoms with E-state index in [1.807, 2.05) is 48.5 Å². The lowest BCUT2D eigenvalue weighted by Gasteiger charge is -2.22. The molecule has 1 saturated heterocycles. The lowest BCUT2D eigenvalue weighted by atomic mass is 10.2. The normalized spacial score (nSPS) is 18.5. The summed E-state index contributed by atoms with van der Waals surface area (Å²) in [5.74, 6) is -0.249. The summed E-state index contributed by atoms with van der Waals surface area (Å²) in [6.45, 7) is 0.512. The summed E-state index contributed by atoms with van der Waals surface area (Å²) < 4.78 is 0. The third kappa shape index (κ3) is 3.82. The van der Waals surface area contributed by atoms with E-state index >= 15 is 0 Å². The molecule has 0 bridgehead atoms. The largest absolute Gasteiger partial charge is 0.278 e. The number of hydrogen-bond donors (Lipinski definition) is 0. The highest BCUT2D eigenvalue weighted by molar-refractivity contribution is 8.00. The molecule has 4 heteroatoms. The second-order valence-corrected chi connectivity index (χ2v) is 6.85. The lowest BCUT2D eigenvalue weighted by Crippen LogP contribution is -2.41. The average Bonchev–Trinajstić information content (AvgIpc) is 2.78. The van der Waals surface area contributed by atoms with Gasteiger partial charge in [-0.1, -0.05) is 42.8 Å². The smallest absolute Gasteiger partial charge is 0.260 e. The zero-order chi connectivity index (χ0) is 16.1. The molecule has 0 saturated carbocycles.